The van der Waals surface area contributed by atoms with Gasteiger partial charge in [0, 0.05) is 23.7 Å². The number of hydrogen-bond acceptors (Lipinski definition) is 3. The summed E-state index contributed by atoms with van der Waals surface area (Å²) in [5, 5.41) is 5.52. The summed E-state index contributed by atoms with van der Waals surface area (Å²) in [6, 6.07) is 9.96. The Bertz CT molecular complexity index is 576. The molecular weight excluding hydrogens is 283 g/mol. The van der Waals surface area contributed by atoms with Gasteiger partial charge in [-0.3, -0.25) is 0 Å². The third-order valence-electron chi connectivity index (χ3n) is 4.03. The van der Waals surface area contributed by atoms with Crippen LogP contribution < -0.4 is 10.2 Å². The Labute approximate surface area is 129 Å². The molecule has 1 unspecified atom stereocenters. The van der Waals surface area contributed by atoms with E-state index >= 15 is 0 Å². The highest BCUT2D eigenvalue weighted by Crippen LogP contribution is 2.30. The van der Waals surface area contributed by atoms with Gasteiger partial charge in [0.2, 0.25) is 0 Å². The van der Waals surface area contributed by atoms with E-state index in [1.807, 2.05) is 12.1 Å². The smallest absolute Gasteiger partial charge is 0.148 e. The van der Waals surface area contributed by atoms with E-state index in [0.717, 1.165) is 43.7 Å². The molecule has 0 aliphatic carbocycles. The molecule has 0 spiro atoms. The first-order valence-corrected chi connectivity index (χ1v) is 8.50. The number of rotatable bonds is 5. The normalized spacial score (nSPS) is 16.2. The van der Waals surface area contributed by atoms with Crippen molar-refractivity contribution in [3.05, 3.63) is 46.4 Å². The quantitative estimate of drug-likeness (QED) is 0.831. The van der Waals surface area contributed by atoms with Gasteiger partial charge >= 0.3 is 0 Å². The van der Waals surface area contributed by atoms with E-state index in [1.54, 1.807) is 17.4 Å². The van der Waals surface area contributed by atoms with Crippen LogP contribution in [0.2, 0.25) is 0 Å². The van der Waals surface area contributed by atoms with Crippen LogP contribution in [-0.2, 0) is 0 Å². The highest BCUT2D eigenvalue weighted by atomic mass is 32.1. The third-order valence-corrected chi connectivity index (χ3v) is 5.02. The van der Waals surface area contributed by atoms with Gasteiger partial charge < -0.3 is 10.2 Å². The summed E-state index contributed by atoms with van der Waals surface area (Å²) in [7, 11) is 0. The summed E-state index contributed by atoms with van der Waals surface area (Å²) < 4.78 is 14.3. The summed E-state index contributed by atoms with van der Waals surface area (Å²) in [6.45, 7) is 4.08. The average Bonchev–Trinajstić information content (AvgIpc) is 3.18. The first-order chi connectivity index (χ1) is 10.3. The van der Waals surface area contributed by atoms with Crippen LogP contribution in [0.3, 0.4) is 0 Å². The molecule has 2 heterocycles. The Morgan fingerprint density at radius 2 is 2.10 bits per heavy atom. The number of nitrogens with one attached hydrogen (secondary N) is 1. The third kappa shape index (κ3) is 3.21. The molecule has 1 N–H and O–H groups in total. The van der Waals surface area contributed by atoms with E-state index in [1.165, 1.54) is 4.88 Å². The molecule has 1 aromatic carbocycles. The van der Waals surface area contributed by atoms with Crippen LogP contribution >= 0.6 is 11.3 Å². The van der Waals surface area contributed by atoms with Crippen molar-refractivity contribution >= 4 is 22.7 Å². The molecule has 3 rings (SSSR count). The fourth-order valence-corrected chi connectivity index (χ4v) is 3.74. The van der Waals surface area contributed by atoms with Gasteiger partial charge in [-0.15, -0.1) is 11.3 Å². The van der Waals surface area contributed by atoms with Crippen molar-refractivity contribution in [2.75, 3.05) is 23.3 Å². The maximum Gasteiger partial charge on any atom is 0.148 e. The van der Waals surface area contributed by atoms with Crippen LogP contribution in [0, 0.1) is 5.82 Å². The molecular formula is C17H21FN2S. The van der Waals surface area contributed by atoms with E-state index in [9.17, 15) is 4.39 Å². The Morgan fingerprint density at radius 3 is 2.71 bits per heavy atom. The molecule has 1 aliphatic heterocycles. The van der Waals surface area contributed by atoms with Crippen molar-refractivity contribution in [2.24, 2.45) is 0 Å². The van der Waals surface area contributed by atoms with Gasteiger partial charge in [-0.25, -0.2) is 4.39 Å². The van der Waals surface area contributed by atoms with Crippen molar-refractivity contribution in [1.29, 1.82) is 0 Å². The molecule has 1 atom stereocenters. The van der Waals surface area contributed by atoms with Gasteiger partial charge in [0.05, 0.1) is 11.7 Å². The molecule has 2 aromatic rings. The predicted molar refractivity (Wildman–Crippen MR) is 88.8 cm³/mol. The molecule has 0 bridgehead atoms. The first-order valence-electron chi connectivity index (χ1n) is 7.62. The maximum absolute atomic E-state index is 14.3. The second-order valence-corrected chi connectivity index (χ2v) is 6.46. The standard InChI is InChI=1S/C17H21FN2S/c1-2-15(17-6-5-11-21-17)19-13-7-8-16(14(18)12-13)20-9-3-4-10-20/h5-8,11-12,15,19H,2-4,9-10H2,1H3. The largest absolute Gasteiger partial charge is 0.377 e. The molecule has 21 heavy (non-hydrogen) atoms. The summed E-state index contributed by atoms with van der Waals surface area (Å²) in [5.74, 6) is -0.122. The van der Waals surface area contributed by atoms with E-state index in [0.29, 0.717) is 0 Å². The second-order valence-electron chi connectivity index (χ2n) is 5.48. The fraction of sp³-hybridized carbons (Fsp3) is 0.412. The van der Waals surface area contributed by atoms with Gasteiger partial charge in [0.25, 0.3) is 0 Å². The zero-order valence-electron chi connectivity index (χ0n) is 12.3. The molecule has 0 radical (unpaired) electrons. The zero-order chi connectivity index (χ0) is 14.7. The van der Waals surface area contributed by atoms with Crippen LogP contribution in [0.1, 0.15) is 37.1 Å². The molecule has 2 nitrogen and oxygen atoms in total. The SMILES string of the molecule is CCC(Nc1ccc(N2CCCC2)c(F)c1)c1cccs1. The maximum atomic E-state index is 14.3. The molecule has 0 amide bonds. The van der Waals surface area contributed by atoms with Gasteiger partial charge in [0.15, 0.2) is 0 Å². The number of benzene rings is 1. The molecule has 1 aromatic heterocycles. The van der Waals surface area contributed by atoms with Crippen LogP contribution in [-0.4, -0.2) is 13.1 Å². The Kier molecular flexibility index (Phi) is 4.44. The molecule has 1 aliphatic rings. The van der Waals surface area contributed by atoms with Gasteiger partial charge in [-0.1, -0.05) is 13.0 Å². The molecule has 0 saturated carbocycles. The van der Waals surface area contributed by atoms with Gasteiger partial charge in [-0.2, -0.15) is 0 Å². The van der Waals surface area contributed by atoms with Crippen molar-refractivity contribution in [3.63, 3.8) is 0 Å². The summed E-state index contributed by atoms with van der Waals surface area (Å²) in [4.78, 5) is 3.43. The van der Waals surface area contributed by atoms with Crippen LogP contribution in [0.25, 0.3) is 0 Å². The highest BCUT2D eigenvalue weighted by Gasteiger charge is 2.17. The number of anilines is 2. The number of halogens is 1. The lowest BCUT2D eigenvalue weighted by Crippen LogP contribution is -2.19. The zero-order valence-corrected chi connectivity index (χ0v) is 13.1. The summed E-state index contributed by atoms with van der Waals surface area (Å²) >= 11 is 1.74. The fourth-order valence-electron chi connectivity index (χ4n) is 2.88. The number of hydrogen-bond donors (Lipinski definition) is 1. The lowest BCUT2D eigenvalue weighted by atomic mass is 10.1. The van der Waals surface area contributed by atoms with Crippen molar-refractivity contribution in [3.8, 4) is 0 Å². The summed E-state index contributed by atoms with van der Waals surface area (Å²) in [6.07, 6.45) is 3.31. The van der Waals surface area contributed by atoms with Crippen LogP contribution in [0.5, 0.6) is 0 Å². The Morgan fingerprint density at radius 1 is 1.29 bits per heavy atom. The Balaban J connectivity index is 1.75. The van der Waals surface area contributed by atoms with E-state index < -0.39 is 0 Å². The van der Waals surface area contributed by atoms with E-state index in [-0.39, 0.29) is 11.9 Å². The molecule has 1 saturated heterocycles. The highest BCUT2D eigenvalue weighted by molar-refractivity contribution is 7.10. The van der Waals surface area contributed by atoms with Gasteiger partial charge in [0.1, 0.15) is 5.82 Å². The lowest BCUT2D eigenvalue weighted by Gasteiger charge is -2.21. The monoisotopic (exact) mass is 304 g/mol. The van der Waals surface area contributed by atoms with Gasteiger partial charge in [-0.05, 0) is 48.9 Å². The minimum Gasteiger partial charge on any atom is -0.377 e. The average molecular weight is 304 g/mol. The van der Waals surface area contributed by atoms with E-state index in [2.05, 4.69) is 34.7 Å². The first kappa shape index (κ1) is 14.4. The van der Waals surface area contributed by atoms with Crippen molar-refractivity contribution in [1.82, 2.24) is 0 Å². The minimum absolute atomic E-state index is 0.122. The summed E-state index contributed by atoms with van der Waals surface area (Å²) in [5.41, 5.74) is 1.60. The van der Waals surface area contributed by atoms with E-state index in [4.69, 9.17) is 0 Å². The predicted octanol–water partition coefficient (Wildman–Crippen LogP) is 5.05. The number of nitrogens with zero attached hydrogens (tertiary/aromatic N) is 1. The Hall–Kier alpha value is -1.55. The van der Waals surface area contributed by atoms with Crippen molar-refractivity contribution in [2.45, 2.75) is 32.2 Å². The molecule has 1 fully saturated rings. The van der Waals surface area contributed by atoms with Crippen LogP contribution in [0.4, 0.5) is 15.8 Å². The molecule has 4 heteroatoms. The second kappa shape index (κ2) is 6.48. The minimum atomic E-state index is -0.122. The van der Waals surface area contributed by atoms with Crippen LogP contribution in [0.15, 0.2) is 35.7 Å². The topological polar surface area (TPSA) is 15.3 Å². The lowest BCUT2D eigenvalue weighted by molar-refractivity contribution is 0.623. The number of thiophene rings is 1. The molecule has 112 valence electrons. The van der Waals surface area contributed by atoms with Crippen molar-refractivity contribution < 1.29 is 4.39 Å².